The van der Waals surface area contributed by atoms with Crippen LogP contribution in [0.5, 0.6) is 23.0 Å². The first kappa shape index (κ1) is 26.1. The number of halogens is 1. The molecule has 1 aromatic heterocycles. The molecule has 0 spiro atoms. The largest absolute Gasteiger partial charge is 0.493 e. The van der Waals surface area contributed by atoms with E-state index in [1.807, 2.05) is 19.1 Å². The van der Waals surface area contributed by atoms with Crippen LogP contribution in [0.1, 0.15) is 37.9 Å². The molecule has 38 heavy (non-hydrogen) atoms. The molecule has 9 nitrogen and oxygen atoms in total. The molecule has 2 aliphatic heterocycles. The van der Waals surface area contributed by atoms with E-state index in [0.29, 0.717) is 54.7 Å². The lowest BCUT2D eigenvalue weighted by molar-refractivity contribution is -0.139. The molecule has 3 heterocycles. The van der Waals surface area contributed by atoms with Gasteiger partial charge in [-0.05, 0) is 62.2 Å². The second-order valence-electron chi connectivity index (χ2n) is 8.37. The van der Waals surface area contributed by atoms with Crippen LogP contribution in [0.2, 0.25) is 0 Å². The Hall–Kier alpha value is -3.57. The van der Waals surface area contributed by atoms with Gasteiger partial charge in [0.1, 0.15) is 0 Å². The minimum atomic E-state index is -0.803. The highest BCUT2D eigenvalue weighted by Crippen LogP contribution is 2.41. The molecule has 2 aromatic carbocycles. The Kier molecular flexibility index (Phi) is 7.31. The Labute approximate surface area is 230 Å². The molecule has 0 saturated carbocycles. The van der Waals surface area contributed by atoms with Gasteiger partial charge < -0.3 is 23.7 Å². The van der Waals surface area contributed by atoms with Crippen LogP contribution >= 0.6 is 27.3 Å². The zero-order chi connectivity index (χ0) is 27.0. The summed E-state index contributed by atoms with van der Waals surface area (Å²) in [6.07, 6.45) is 1.78. The molecule has 2 aliphatic rings. The molecule has 0 N–H and O–H groups in total. The number of hydrogen-bond acceptors (Lipinski definition) is 9. The molecule has 0 aliphatic carbocycles. The lowest BCUT2D eigenvalue weighted by Gasteiger charge is -2.26. The van der Waals surface area contributed by atoms with Crippen LogP contribution in [0.3, 0.4) is 0 Å². The van der Waals surface area contributed by atoms with Crippen molar-refractivity contribution in [2.45, 2.75) is 26.8 Å². The summed E-state index contributed by atoms with van der Waals surface area (Å²) in [6, 6.07) is 8.22. The van der Waals surface area contributed by atoms with Crippen molar-refractivity contribution in [3.05, 3.63) is 76.9 Å². The van der Waals surface area contributed by atoms with Gasteiger partial charge in [0.15, 0.2) is 27.8 Å². The molecule has 0 unspecified atom stereocenters. The average Bonchev–Trinajstić information content (AvgIpc) is 3.47. The van der Waals surface area contributed by atoms with E-state index in [9.17, 15) is 9.59 Å². The van der Waals surface area contributed by atoms with Crippen molar-refractivity contribution < 1.29 is 28.5 Å². The summed E-state index contributed by atoms with van der Waals surface area (Å²) in [7, 11) is 1.54. The van der Waals surface area contributed by atoms with Crippen molar-refractivity contribution in [2.75, 3.05) is 27.1 Å². The van der Waals surface area contributed by atoms with Gasteiger partial charge in [-0.15, -0.1) is 0 Å². The van der Waals surface area contributed by atoms with Crippen molar-refractivity contribution in [3.63, 3.8) is 0 Å². The monoisotopic (exact) mass is 600 g/mol. The molecule has 0 saturated heterocycles. The number of carbonyl (C=O) groups is 1. The summed E-state index contributed by atoms with van der Waals surface area (Å²) < 4.78 is 30.2. The molecule has 0 amide bonds. The number of methoxy groups -OCH3 is 1. The number of carbonyl (C=O) groups excluding carboxylic acids is 1. The van der Waals surface area contributed by atoms with Crippen molar-refractivity contribution in [3.8, 4) is 23.0 Å². The van der Waals surface area contributed by atoms with Crippen LogP contribution in [0.25, 0.3) is 6.08 Å². The number of rotatable bonds is 7. The minimum absolute atomic E-state index is 0.164. The molecular formula is C27H25BrN2O7S. The number of aromatic nitrogens is 1. The molecule has 11 heteroatoms. The third kappa shape index (κ3) is 4.60. The number of esters is 1. The van der Waals surface area contributed by atoms with Gasteiger partial charge >= 0.3 is 5.97 Å². The average molecular weight is 601 g/mol. The summed E-state index contributed by atoms with van der Waals surface area (Å²) in [6.45, 7) is 6.16. The van der Waals surface area contributed by atoms with Crippen molar-refractivity contribution in [2.24, 2.45) is 4.99 Å². The van der Waals surface area contributed by atoms with Crippen molar-refractivity contribution >= 4 is 39.3 Å². The number of allylic oxidation sites excluding steroid dienone is 1. The molecule has 1 atom stereocenters. The number of nitrogens with zero attached hydrogens (tertiary/aromatic N) is 2. The Balaban J connectivity index is 1.72. The second-order valence-corrected chi connectivity index (χ2v) is 10.2. The molecule has 0 bridgehead atoms. The van der Waals surface area contributed by atoms with Crippen LogP contribution in [-0.2, 0) is 9.53 Å². The zero-order valence-electron chi connectivity index (χ0n) is 21.2. The molecule has 0 radical (unpaired) electrons. The minimum Gasteiger partial charge on any atom is -0.493 e. The van der Waals surface area contributed by atoms with Crippen molar-refractivity contribution in [1.29, 1.82) is 0 Å². The maximum absolute atomic E-state index is 13.9. The molecule has 3 aromatic rings. The highest BCUT2D eigenvalue weighted by molar-refractivity contribution is 9.10. The summed E-state index contributed by atoms with van der Waals surface area (Å²) in [5.41, 5.74) is 1.88. The van der Waals surface area contributed by atoms with E-state index in [4.69, 9.17) is 23.7 Å². The van der Waals surface area contributed by atoms with E-state index in [-0.39, 0.29) is 24.5 Å². The van der Waals surface area contributed by atoms with Crippen molar-refractivity contribution in [1.82, 2.24) is 4.57 Å². The lowest BCUT2D eigenvalue weighted by atomic mass is 9.95. The fourth-order valence-corrected chi connectivity index (χ4v) is 6.01. The fourth-order valence-electron chi connectivity index (χ4n) is 4.43. The number of fused-ring (bicyclic) bond motifs is 2. The lowest BCUT2D eigenvalue weighted by Crippen LogP contribution is -2.40. The van der Waals surface area contributed by atoms with E-state index >= 15 is 0 Å². The number of benzene rings is 2. The summed E-state index contributed by atoms with van der Waals surface area (Å²) in [4.78, 5) is 32.2. The maximum Gasteiger partial charge on any atom is 0.338 e. The summed E-state index contributed by atoms with van der Waals surface area (Å²) in [5.74, 6) is 1.76. The van der Waals surface area contributed by atoms with E-state index in [0.717, 1.165) is 5.56 Å². The topological polar surface area (TPSA) is 97.6 Å². The van der Waals surface area contributed by atoms with Gasteiger partial charge in [-0.2, -0.15) is 0 Å². The van der Waals surface area contributed by atoms with E-state index in [1.54, 1.807) is 45.2 Å². The second kappa shape index (κ2) is 10.7. The number of thiazole rings is 1. The smallest absolute Gasteiger partial charge is 0.338 e. The first-order valence-corrected chi connectivity index (χ1v) is 13.6. The standard InChI is InChI=1S/C27H25BrN2O7S/c1-5-34-21-12-17(28)16(11-19(21)33-4)24-23(26(32)35-6-2)14(3)29-27-30(24)25(31)22(38-27)10-15-7-8-18-20(9-15)37-13-36-18/h7-12,24H,5-6,13H2,1-4H3/b22-10+/t24-/m0/s1. The third-order valence-electron chi connectivity index (χ3n) is 6.09. The Bertz CT molecular complexity index is 1640. The predicted octanol–water partition coefficient (Wildman–Crippen LogP) is 3.70. The number of hydrogen-bond donors (Lipinski definition) is 0. The fraction of sp³-hybridized carbons (Fsp3) is 0.296. The van der Waals surface area contributed by atoms with E-state index in [2.05, 4.69) is 20.9 Å². The van der Waals surface area contributed by atoms with Crippen LogP contribution < -0.4 is 33.8 Å². The van der Waals surface area contributed by atoms with Gasteiger partial charge in [0.2, 0.25) is 6.79 Å². The normalized spacial score (nSPS) is 16.2. The number of ether oxygens (including phenoxy) is 5. The molecule has 5 rings (SSSR count). The van der Waals surface area contributed by atoms with E-state index in [1.165, 1.54) is 15.9 Å². The maximum atomic E-state index is 13.9. The van der Waals surface area contributed by atoms with Gasteiger partial charge in [-0.3, -0.25) is 9.36 Å². The predicted molar refractivity (Wildman–Crippen MR) is 145 cm³/mol. The highest BCUT2D eigenvalue weighted by atomic mass is 79.9. The molecule has 198 valence electrons. The Morgan fingerprint density at radius 2 is 1.97 bits per heavy atom. The molecular weight excluding hydrogens is 576 g/mol. The first-order valence-electron chi connectivity index (χ1n) is 12.0. The van der Waals surface area contributed by atoms with Gasteiger partial charge in [0.25, 0.3) is 5.56 Å². The van der Waals surface area contributed by atoms with Crippen LogP contribution in [0.4, 0.5) is 0 Å². The van der Waals surface area contributed by atoms with Gasteiger partial charge in [-0.1, -0.05) is 33.3 Å². The Morgan fingerprint density at radius 3 is 2.71 bits per heavy atom. The zero-order valence-corrected chi connectivity index (χ0v) is 23.6. The highest BCUT2D eigenvalue weighted by Gasteiger charge is 2.35. The van der Waals surface area contributed by atoms with Crippen LogP contribution in [-0.4, -0.2) is 37.7 Å². The van der Waals surface area contributed by atoms with Crippen LogP contribution in [0, 0.1) is 0 Å². The summed E-state index contributed by atoms with van der Waals surface area (Å²) >= 11 is 4.88. The SMILES string of the molecule is CCOC(=O)C1=C(C)N=c2s/c(=C/c3ccc4c(c3)OCO4)c(=O)n2[C@H]1c1cc(OC)c(OCC)cc1Br. The summed E-state index contributed by atoms with van der Waals surface area (Å²) in [5, 5.41) is 0. The van der Waals surface area contributed by atoms with Gasteiger partial charge in [0, 0.05) is 4.47 Å². The first-order chi connectivity index (χ1) is 18.4. The van der Waals surface area contributed by atoms with E-state index < -0.39 is 12.0 Å². The van der Waals surface area contributed by atoms with Crippen LogP contribution in [0.15, 0.2) is 55.9 Å². The third-order valence-corrected chi connectivity index (χ3v) is 7.76. The molecule has 0 fully saturated rings. The van der Waals surface area contributed by atoms with Gasteiger partial charge in [0.05, 0.1) is 42.2 Å². The van der Waals surface area contributed by atoms with Gasteiger partial charge in [-0.25, -0.2) is 9.79 Å². The quantitative estimate of drug-likeness (QED) is 0.381. The Morgan fingerprint density at radius 1 is 1.18 bits per heavy atom.